The fourth-order valence-corrected chi connectivity index (χ4v) is 4.26. The van der Waals surface area contributed by atoms with E-state index in [1.807, 2.05) is 11.3 Å². The first-order chi connectivity index (χ1) is 10.7. The Morgan fingerprint density at radius 1 is 1.32 bits per heavy atom. The molecule has 3 nitrogen and oxygen atoms in total. The summed E-state index contributed by atoms with van der Waals surface area (Å²) in [5.41, 5.74) is 4.04. The molecule has 0 unspecified atom stereocenters. The molecule has 0 amide bonds. The van der Waals surface area contributed by atoms with Crippen LogP contribution >= 0.6 is 11.3 Å². The Labute approximate surface area is 136 Å². The molecular formula is C18H23N3S. The minimum absolute atomic E-state index is 0.856. The number of rotatable bonds is 4. The maximum atomic E-state index is 4.86. The molecule has 0 bridgehead atoms. The second-order valence-corrected chi connectivity index (χ2v) is 8.16. The quantitative estimate of drug-likeness (QED) is 0.862. The van der Waals surface area contributed by atoms with E-state index in [9.17, 15) is 0 Å². The highest BCUT2D eigenvalue weighted by Gasteiger charge is 2.24. The van der Waals surface area contributed by atoms with E-state index in [2.05, 4.69) is 36.0 Å². The van der Waals surface area contributed by atoms with Crippen LogP contribution in [0.5, 0.6) is 0 Å². The van der Waals surface area contributed by atoms with Gasteiger partial charge in [0, 0.05) is 42.0 Å². The van der Waals surface area contributed by atoms with Gasteiger partial charge in [-0.2, -0.15) is 0 Å². The van der Waals surface area contributed by atoms with Crippen molar-refractivity contribution in [2.24, 2.45) is 5.92 Å². The molecule has 4 heteroatoms. The molecule has 0 spiro atoms. The molecule has 1 saturated carbocycles. The molecular weight excluding hydrogens is 290 g/mol. The Morgan fingerprint density at radius 2 is 2.18 bits per heavy atom. The number of aryl methyl sites for hydroxylation is 2. The Balaban J connectivity index is 1.47. The molecule has 2 aromatic heterocycles. The lowest BCUT2D eigenvalue weighted by Crippen LogP contribution is -2.31. The lowest BCUT2D eigenvalue weighted by atomic mass is 10.1. The summed E-state index contributed by atoms with van der Waals surface area (Å²) in [6.45, 7) is 7.57. The lowest BCUT2D eigenvalue weighted by Gasteiger charge is -2.27. The number of thiophene rings is 1. The largest absolute Gasteiger partial charge is 0.292 e. The molecule has 1 fully saturated rings. The highest BCUT2D eigenvalue weighted by atomic mass is 32.1. The van der Waals surface area contributed by atoms with Crippen LogP contribution in [-0.4, -0.2) is 21.4 Å². The number of aromatic nitrogens is 2. The van der Waals surface area contributed by atoms with Gasteiger partial charge in [0.2, 0.25) is 0 Å². The molecule has 0 atom stereocenters. The van der Waals surface area contributed by atoms with Crippen molar-refractivity contribution in [2.75, 3.05) is 6.54 Å². The van der Waals surface area contributed by atoms with E-state index in [0.29, 0.717) is 0 Å². The Morgan fingerprint density at radius 3 is 2.91 bits per heavy atom. The third-order valence-corrected chi connectivity index (χ3v) is 5.98. The van der Waals surface area contributed by atoms with Crippen LogP contribution in [0.4, 0.5) is 0 Å². The standard InChI is InChI=1S/C18H23N3S/c1-12-7-16(22-13(12)2)10-21-6-5-15-9-19-18(8-14-3-4-14)20-17(15)11-21/h7,9,14H,3-6,8,10-11H2,1-2H3. The molecule has 3 heterocycles. The van der Waals surface area contributed by atoms with Gasteiger partial charge < -0.3 is 0 Å². The van der Waals surface area contributed by atoms with E-state index in [-0.39, 0.29) is 0 Å². The van der Waals surface area contributed by atoms with Gasteiger partial charge in [0.15, 0.2) is 0 Å². The molecule has 1 aliphatic carbocycles. The monoisotopic (exact) mass is 313 g/mol. The summed E-state index contributed by atoms with van der Waals surface area (Å²) in [4.78, 5) is 14.9. The second-order valence-electron chi connectivity index (χ2n) is 6.82. The zero-order valence-electron chi connectivity index (χ0n) is 13.4. The van der Waals surface area contributed by atoms with Gasteiger partial charge in [-0.15, -0.1) is 11.3 Å². The van der Waals surface area contributed by atoms with Crippen molar-refractivity contribution in [3.05, 3.63) is 44.7 Å². The molecule has 0 N–H and O–H groups in total. The van der Waals surface area contributed by atoms with Crippen LogP contribution in [0.25, 0.3) is 0 Å². The van der Waals surface area contributed by atoms with E-state index in [1.165, 1.54) is 39.4 Å². The van der Waals surface area contributed by atoms with Gasteiger partial charge >= 0.3 is 0 Å². The first kappa shape index (κ1) is 14.3. The zero-order valence-corrected chi connectivity index (χ0v) is 14.2. The summed E-state index contributed by atoms with van der Waals surface area (Å²) >= 11 is 1.93. The third kappa shape index (κ3) is 3.08. The summed E-state index contributed by atoms with van der Waals surface area (Å²) in [7, 11) is 0. The maximum Gasteiger partial charge on any atom is 0.128 e. The van der Waals surface area contributed by atoms with E-state index in [1.54, 1.807) is 0 Å². The average molecular weight is 313 g/mol. The highest BCUT2D eigenvalue weighted by Crippen LogP contribution is 2.32. The van der Waals surface area contributed by atoms with Crippen LogP contribution in [0.1, 0.15) is 45.2 Å². The number of hydrogen-bond acceptors (Lipinski definition) is 4. The zero-order chi connectivity index (χ0) is 15.1. The Hall–Kier alpha value is -1.26. The van der Waals surface area contributed by atoms with Crippen LogP contribution < -0.4 is 0 Å². The van der Waals surface area contributed by atoms with E-state index in [0.717, 1.165) is 44.2 Å². The summed E-state index contributed by atoms with van der Waals surface area (Å²) < 4.78 is 0. The van der Waals surface area contributed by atoms with Crippen molar-refractivity contribution in [1.29, 1.82) is 0 Å². The average Bonchev–Trinajstić information content (AvgIpc) is 3.25. The second kappa shape index (κ2) is 5.74. The van der Waals surface area contributed by atoms with E-state index < -0.39 is 0 Å². The summed E-state index contributed by atoms with van der Waals surface area (Å²) in [5.74, 6) is 1.92. The lowest BCUT2D eigenvalue weighted by molar-refractivity contribution is 0.242. The predicted molar refractivity (Wildman–Crippen MR) is 90.1 cm³/mol. The number of fused-ring (bicyclic) bond motifs is 1. The van der Waals surface area contributed by atoms with Crippen molar-refractivity contribution in [1.82, 2.24) is 14.9 Å². The highest BCUT2D eigenvalue weighted by molar-refractivity contribution is 7.12. The molecule has 2 aliphatic rings. The normalized spacial score (nSPS) is 18.5. The number of hydrogen-bond donors (Lipinski definition) is 0. The SMILES string of the molecule is Cc1cc(CN2CCc3cnc(CC4CC4)nc3C2)sc1C. The van der Waals surface area contributed by atoms with Gasteiger partial charge in [0.25, 0.3) is 0 Å². The van der Waals surface area contributed by atoms with Gasteiger partial charge in [0.1, 0.15) is 5.82 Å². The molecule has 0 saturated heterocycles. The van der Waals surface area contributed by atoms with Crippen LogP contribution in [-0.2, 0) is 25.9 Å². The predicted octanol–water partition coefficient (Wildman–Crippen LogP) is 3.67. The summed E-state index contributed by atoms with van der Waals surface area (Å²) in [6.07, 6.45) is 6.98. The minimum Gasteiger partial charge on any atom is -0.292 e. The van der Waals surface area contributed by atoms with Crippen LogP contribution in [0.15, 0.2) is 12.3 Å². The molecule has 0 radical (unpaired) electrons. The fraction of sp³-hybridized carbons (Fsp3) is 0.556. The molecule has 4 rings (SSSR count). The third-order valence-electron chi connectivity index (χ3n) is 4.84. The van der Waals surface area contributed by atoms with Crippen LogP contribution in [0.3, 0.4) is 0 Å². The van der Waals surface area contributed by atoms with E-state index in [4.69, 9.17) is 4.98 Å². The van der Waals surface area contributed by atoms with Crippen molar-refractivity contribution in [3.8, 4) is 0 Å². The summed E-state index contributed by atoms with van der Waals surface area (Å²) in [6, 6.07) is 2.34. The van der Waals surface area contributed by atoms with Crippen LogP contribution in [0.2, 0.25) is 0 Å². The Kier molecular flexibility index (Phi) is 3.74. The van der Waals surface area contributed by atoms with Gasteiger partial charge in [-0.3, -0.25) is 4.90 Å². The van der Waals surface area contributed by atoms with Crippen molar-refractivity contribution in [3.63, 3.8) is 0 Å². The van der Waals surface area contributed by atoms with Crippen molar-refractivity contribution in [2.45, 2.75) is 52.6 Å². The van der Waals surface area contributed by atoms with Crippen LogP contribution in [0, 0.1) is 19.8 Å². The van der Waals surface area contributed by atoms with Gasteiger partial charge in [0.05, 0.1) is 5.69 Å². The number of nitrogens with zero attached hydrogens (tertiary/aromatic N) is 3. The molecule has 22 heavy (non-hydrogen) atoms. The van der Waals surface area contributed by atoms with Gasteiger partial charge in [-0.25, -0.2) is 9.97 Å². The minimum atomic E-state index is 0.856. The fourth-order valence-electron chi connectivity index (χ4n) is 3.16. The topological polar surface area (TPSA) is 29.0 Å². The first-order valence-electron chi connectivity index (χ1n) is 8.29. The molecule has 0 aromatic carbocycles. The van der Waals surface area contributed by atoms with E-state index >= 15 is 0 Å². The van der Waals surface area contributed by atoms with Gasteiger partial charge in [-0.1, -0.05) is 0 Å². The smallest absolute Gasteiger partial charge is 0.128 e. The Bertz CT molecular complexity index is 668. The molecule has 1 aliphatic heterocycles. The molecule has 2 aromatic rings. The molecule has 116 valence electrons. The van der Waals surface area contributed by atoms with Crippen molar-refractivity contribution >= 4 is 11.3 Å². The first-order valence-corrected chi connectivity index (χ1v) is 9.11. The van der Waals surface area contributed by atoms with Gasteiger partial charge in [-0.05, 0) is 56.2 Å². The summed E-state index contributed by atoms with van der Waals surface area (Å²) in [5, 5.41) is 0. The maximum absolute atomic E-state index is 4.86. The van der Waals surface area contributed by atoms with Crippen molar-refractivity contribution < 1.29 is 0 Å².